The van der Waals surface area contributed by atoms with Crippen LogP contribution in [-0.2, 0) is 0 Å². The van der Waals surface area contributed by atoms with E-state index >= 15 is 0 Å². The van der Waals surface area contributed by atoms with Crippen molar-refractivity contribution in [2.75, 3.05) is 7.11 Å². The third kappa shape index (κ3) is 2.54. The molecule has 2 aromatic rings. The van der Waals surface area contributed by atoms with Gasteiger partial charge in [0.25, 0.3) is 0 Å². The third-order valence-electron chi connectivity index (χ3n) is 2.45. The van der Waals surface area contributed by atoms with Crippen LogP contribution >= 0.6 is 11.6 Å². The van der Waals surface area contributed by atoms with Crippen LogP contribution in [0.25, 0.3) is 0 Å². The molecule has 0 aliphatic carbocycles. The minimum absolute atomic E-state index is 0.383. The zero-order valence-corrected chi connectivity index (χ0v) is 10.1. The molecular formula is C12H12ClN3O. The van der Waals surface area contributed by atoms with E-state index in [-0.39, 0.29) is 6.04 Å². The van der Waals surface area contributed by atoms with Crippen LogP contribution in [0.4, 0.5) is 0 Å². The van der Waals surface area contributed by atoms with Crippen LogP contribution in [0, 0.1) is 0 Å². The maximum atomic E-state index is 6.13. The minimum Gasteiger partial charge on any atom is -0.496 e. The molecule has 0 spiro atoms. The standard InChI is InChI=1S/C12H12ClN3O/c1-17-11-3-2-8(13)6-9(11)12(14)10-4-5-15-7-16-10/h2-7,12H,14H2,1H3. The number of hydrogen-bond acceptors (Lipinski definition) is 4. The summed E-state index contributed by atoms with van der Waals surface area (Å²) in [5.74, 6) is 0.695. The fraction of sp³-hybridized carbons (Fsp3) is 0.167. The normalized spacial score (nSPS) is 12.2. The highest BCUT2D eigenvalue weighted by molar-refractivity contribution is 6.30. The predicted molar refractivity (Wildman–Crippen MR) is 66.1 cm³/mol. The van der Waals surface area contributed by atoms with Crippen molar-refractivity contribution in [1.82, 2.24) is 9.97 Å². The van der Waals surface area contributed by atoms with Gasteiger partial charge >= 0.3 is 0 Å². The average Bonchev–Trinajstić information content (AvgIpc) is 2.39. The molecule has 0 saturated heterocycles. The first-order valence-corrected chi connectivity index (χ1v) is 5.45. The third-order valence-corrected chi connectivity index (χ3v) is 2.69. The Morgan fingerprint density at radius 2 is 2.18 bits per heavy atom. The Kier molecular flexibility index (Phi) is 3.56. The Morgan fingerprint density at radius 1 is 1.35 bits per heavy atom. The number of nitrogens with zero attached hydrogens (tertiary/aromatic N) is 2. The lowest BCUT2D eigenvalue weighted by molar-refractivity contribution is 0.407. The van der Waals surface area contributed by atoms with E-state index in [4.69, 9.17) is 22.1 Å². The number of hydrogen-bond donors (Lipinski definition) is 1. The highest BCUT2D eigenvalue weighted by atomic mass is 35.5. The molecule has 88 valence electrons. The Hall–Kier alpha value is -1.65. The van der Waals surface area contributed by atoms with E-state index in [2.05, 4.69) is 9.97 Å². The van der Waals surface area contributed by atoms with Gasteiger partial charge in [0.05, 0.1) is 18.8 Å². The summed E-state index contributed by atoms with van der Waals surface area (Å²) < 4.78 is 5.26. The van der Waals surface area contributed by atoms with Crippen LogP contribution in [0.1, 0.15) is 17.3 Å². The molecule has 1 unspecified atom stereocenters. The molecular weight excluding hydrogens is 238 g/mol. The molecule has 0 amide bonds. The molecule has 0 saturated carbocycles. The van der Waals surface area contributed by atoms with E-state index in [0.717, 1.165) is 11.3 Å². The van der Waals surface area contributed by atoms with E-state index < -0.39 is 0 Å². The lowest BCUT2D eigenvalue weighted by Gasteiger charge is -2.15. The number of nitrogens with two attached hydrogens (primary N) is 1. The average molecular weight is 250 g/mol. The molecule has 2 rings (SSSR count). The van der Waals surface area contributed by atoms with Crippen LogP contribution in [0.15, 0.2) is 36.8 Å². The maximum Gasteiger partial charge on any atom is 0.124 e. The van der Waals surface area contributed by atoms with Crippen LogP contribution in [0.3, 0.4) is 0 Å². The Balaban J connectivity index is 2.43. The number of aromatic nitrogens is 2. The molecule has 1 atom stereocenters. The molecule has 0 fully saturated rings. The molecule has 1 aromatic carbocycles. The largest absolute Gasteiger partial charge is 0.496 e. The summed E-state index contributed by atoms with van der Waals surface area (Å²) in [6.45, 7) is 0. The summed E-state index contributed by atoms with van der Waals surface area (Å²) in [5, 5.41) is 0.616. The number of methoxy groups -OCH3 is 1. The SMILES string of the molecule is COc1ccc(Cl)cc1C(N)c1ccncn1. The lowest BCUT2D eigenvalue weighted by Crippen LogP contribution is -2.14. The monoisotopic (exact) mass is 249 g/mol. The molecule has 5 heteroatoms. The van der Waals surface area contributed by atoms with Crippen molar-refractivity contribution in [3.8, 4) is 5.75 Å². The summed E-state index contributed by atoms with van der Waals surface area (Å²) in [6.07, 6.45) is 3.12. The van der Waals surface area contributed by atoms with Crippen molar-refractivity contribution in [1.29, 1.82) is 0 Å². The molecule has 0 bridgehead atoms. The summed E-state index contributed by atoms with van der Waals surface area (Å²) in [7, 11) is 1.60. The Bertz CT molecular complexity index is 504. The van der Waals surface area contributed by atoms with Crippen LogP contribution in [-0.4, -0.2) is 17.1 Å². The Labute approximate surface area is 104 Å². The van der Waals surface area contributed by atoms with Crippen LogP contribution in [0.2, 0.25) is 5.02 Å². The van der Waals surface area contributed by atoms with Gasteiger partial charge in [0.1, 0.15) is 12.1 Å². The second-order valence-corrected chi connectivity index (χ2v) is 3.93. The molecule has 17 heavy (non-hydrogen) atoms. The molecule has 0 aliphatic heterocycles. The van der Waals surface area contributed by atoms with Gasteiger partial charge in [0, 0.05) is 16.8 Å². The van der Waals surface area contributed by atoms with Gasteiger partial charge in [-0.1, -0.05) is 11.6 Å². The van der Waals surface area contributed by atoms with E-state index in [1.165, 1.54) is 6.33 Å². The first kappa shape index (κ1) is 11.8. The van der Waals surface area contributed by atoms with Crippen molar-refractivity contribution in [3.05, 3.63) is 53.1 Å². The van der Waals surface area contributed by atoms with Crippen LogP contribution in [0.5, 0.6) is 5.75 Å². The fourth-order valence-electron chi connectivity index (χ4n) is 1.59. The van der Waals surface area contributed by atoms with Gasteiger partial charge in [-0.05, 0) is 24.3 Å². The molecule has 1 aromatic heterocycles. The van der Waals surface area contributed by atoms with Gasteiger partial charge in [-0.15, -0.1) is 0 Å². The van der Waals surface area contributed by atoms with Crippen molar-refractivity contribution >= 4 is 11.6 Å². The van der Waals surface area contributed by atoms with Gasteiger partial charge < -0.3 is 10.5 Å². The van der Waals surface area contributed by atoms with E-state index in [1.54, 1.807) is 37.6 Å². The number of benzene rings is 1. The molecule has 1 heterocycles. The van der Waals surface area contributed by atoms with Crippen molar-refractivity contribution < 1.29 is 4.74 Å². The smallest absolute Gasteiger partial charge is 0.124 e. The van der Waals surface area contributed by atoms with E-state index in [9.17, 15) is 0 Å². The second kappa shape index (κ2) is 5.12. The van der Waals surface area contributed by atoms with Crippen molar-refractivity contribution in [3.63, 3.8) is 0 Å². The van der Waals surface area contributed by atoms with Crippen molar-refractivity contribution in [2.45, 2.75) is 6.04 Å². The highest BCUT2D eigenvalue weighted by Crippen LogP contribution is 2.29. The molecule has 0 radical (unpaired) electrons. The molecule has 0 aliphatic rings. The quantitative estimate of drug-likeness (QED) is 0.906. The van der Waals surface area contributed by atoms with E-state index in [0.29, 0.717) is 10.8 Å². The fourth-order valence-corrected chi connectivity index (χ4v) is 1.77. The van der Waals surface area contributed by atoms with Gasteiger partial charge in [-0.2, -0.15) is 0 Å². The molecule has 2 N–H and O–H groups in total. The number of ether oxygens (including phenoxy) is 1. The number of halogens is 1. The Morgan fingerprint density at radius 3 is 2.82 bits per heavy atom. The zero-order chi connectivity index (χ0) is 12.3. The first-order valence-electron chi connectivity index (χ1n) is 5.07. The predicted octanol–water partition coefficient (Wildman–Crippen LogP) is 2.19. The number of rotatable bonds is 3. The summed E-state index contributed by atoms with van der Waals surface area (Å²) >= 11 is 5.96. The second-order valence-electron chi connectivity index (χ2n) is 3.50. The van der Waals surface area contributed by atoms with Gasteiger partial charge in [0.2, 0.25) is 0 Å². The van der Waals surface area contributed by atoms with E-state index in [1.807, 2.05) is 0 Å². The van der Waals surface area contributed by atoms with Gasteiger partial charge in [-0.3, -0.25) is 0 Å². The zero-order valence-electron chi connectivity index (χ0n) is 9.30. The highest BCUT2D eigenvalue weighted by Gasteiger charge is 2.15. The summed E-state index contributed by atoms with van der Waals surface area (Å²) in [5.41, 5.74) is 7.66. The molecule has 4 nitrogen and oxygen atoms in total. The minimum atomic E-state index is -0.383. The summed E-state index contributed by atoms with van der Waals surface area (Å²) in [6, 6.07) is 6.72. The summed E-state index contributed by atoms with van der Waals surface area (Å²) in [4.78, 5) is 7.98. The van der Waals surface area contributed by atoms with Gasteiger partial charge in [0.15, 0.2) is 0 Å². The van der Waals surface area contributed by atoms with Gasteiger partial charge in [-0.25, -0.2) is 9.97 Å². The lowest BCUT2D eigenvalue weighted by atomic mass is 10.0. The topological polar surface area (TPSA) is 61.0 Å². The first-order chi connectivity index (χ1) is 8.22. The van der Waals surface area contributed by atoms with Crippen LogP contribution < -0.4 is 10.5 Å². The maximum absolute atomic E-state index is 6.13. The van der Waals surface area contributed by atoms with Crippen molar-refractivity contribution in [2.24, 2.45) is 5.73 Å².